The van der Waals surface area contributed by atoms with Gasteiger partial charge in [0.15, 0.2) is 0 Å². The van der Waals surface area contributed by atoms with E-state index in [1.807, 2.05) is 0 Å². The molecule has 1 aromatic carbocycles. The van der Waals surface area contributed by atoms with Gasteiger partial charge in [-0.3, -0.25) is 0 Å². The molecule has 0 aliphatic carbocycles. The minimum Gasteiger partial charge on any atom is -0.478 e. The summed E-state index contributed by atoms with van der Waals surface area (Å²) in [5.74, 6) is 0.142. The molecular weight excluding hydrogens is 284 g/mol. The van der Waals surface area contributed by atoms with Gasteiger partial charge in [0.25, 0.3) is 0 Å². The second-order valence-electron chi connectivity index (χ2n) is 5.84. The van der Waals surface area contributed by atoms with Crippen molar-refractivity contribution < 1.29 is 9.90 Å². The normalized spacial score (nSPS) is 12.0. The van der Waals surface area contributed by atoms with Gasteiger partial charge in [-0.15, -0.1) is 0 Å². The van der Waals surface area contributed by atoms with Crippen LogP contribution in [0.25, 0.3) is 11.0 Å². The Morgan fingerprint density at radius 2 is 2.14 bits per heavy atom. The minimum absolute atomic E-state index is 0.0787. The fraction of sp³-hybridized carbons (Fsp3) is 0.500. The summed E-state index contributed by atoms with van der Waals surface area (Å²) in [7, 11) is 0. The van der Waals surface area contributed by atoms with E-state index in [4.69, 9.17) is 0 Å². The van der Waals surface area contributed by atoms with Crippen LogP contribution in [0, 0.1) is 0 Å². The highest BCUT2D eigenvalue weighted by atomic mass is 32.2. The molecule has 0 atom stereocenters. The predicted molar refractivity (Wildman–Crippen MR) is 88.3 cm³/mol. The number of carbonyl (C=O) groups is 1. The van der Waals surface area contributed by atoms with Crippen molar-refractivity contribution in [2.24, 2.45) is 0 Å². The predicted octanol–water partition coefficient (Wildman–Crippen LogP) is 3.83. The van der Waals surface area contributed by atoms with Gasteiger partial charge in [-0.2, -0.15) is 11.8 Å². The molecule has 1 heterocycles. The van der Waals surface area contributed by atoms with Gasteiger partial charge < -0.3 is 9.67 Å². The first kappa shape index (κ1) is 15.9. The zero-order valence-corrected chi connectivity index (χ0v) is 13.8. The molecule has 0 spiro atoms. The van der Waals surface area contributed by atoms with Gasteiger partial charge >= 0.3 is 5.97 Å². The molecule has 0 amide bonds. The first-order valence-corrected chi connectivity index (χ1v) is 8.38. The van der Waals surface area contributed by atoms with Crippen LogP contribution in [-0.2, 0) is 13.0 Å². The monoisotopic (exact) mass is 306 g/mol. The van der Waals surface area contributed by atoms with E-state index in [0.717, 1.165) is 36.2 Å². The summed E-state index contributed by atoms with van der Waals surface area (Å²) in [6, 6.07) is 5.16. The van der Waals surface area contributed by atoms with Crippen LogP contribution in [0.5, 0.6) is 0 Å². The molecule has 0 aliphatic rings. The number of fused-ring (bicyclic) bond motifs is 1. The Hall–Kier alpha value is -1.49. The fourth-order valence-electron chi connectivity index (χ4n) is 2.34. The summed E-state index contributed by atoms with van der Waals surface area (Å²) in [6.07, 6.45) is 4.03. The van der Waals surface area contributed by atoms with Gasteiger partial charge in [-0.25, -0.2) is 9.78 Å². The van der Waals surface area contributed by atoms with E-state index in [0.29, 0.717) is 5.56 Å². The van der Waals surface area contributed by atoms with Gasteiger partial charge in [0.2, 0.25) is 0 Å². The molecule has 4 nitrogen and oxygen atoms in total. The average Bonchev–Trinajstić information content (AvgIpc) is 2.76. The quantitative estimate of drug-likeness (QED) is 0.881. The summed E-state index contributed by atoms with van der Waals surface area (Å²) < 4.78 is 2.26. The Kier molecular flexibility index (Phi) is 4.61. The first-order chi connectivity index (χ1) is 9.88. The molecule has 0 radical (unpaired) electrons. The van der Waals surface area contributed by atoms with Gasteiger partial charge in [-0.05, 0) is 44.7 Å². The van der Waals surface area contributed by atoms with Crippen LogP contribution >= 0.6 is 11.8 Å². The lowest BCUT2D eigenvalue weighted by molar-refractivity contribution is 0.0697. The minimum atomic E-state index is -0.897. The van der Waals surface area contributed by atoms with E-state index < -0.39 is 5.97 Å². The molecular formula is C16H22N2O2S. The lowest BCUT2D eigenvalue weighted by Gasteiger charge is -2.24. The van der Waals surface area contributed by atoms with Crippen LogP contribution in [-0.4, -0.2) is 31.6 Å². The first-order valence-electron chi connectivity index (χ1n) is 7.15. The third-order valence-corrected chi connectivity index (χ3v) is 4.87. The molecule has 114 valence electrons. The Balaban J connectivity index is 2.58. The summed E-state index contributed by atoms with van der Waals surface area (Å²) in [5.41, 5.74) is 2.11. The third-order valence-electron chi connectivity index (χ3n) is 3.64. The topological polar surface area (TPSA) is 55.1 Å². The third kappa shape index (κ3) is 3.40. The molecule has 0 unspecified atom stereocenters. The van der Waals surface area contributed by atoms with Gasteiger partial charge in [0.1, 0.15) is 5.82 Å². The SMILES string of the molecule is CCCc1nc2ccc(C(=O)O)cc2n1CC(C)(C)SC. The number of carboxylic acids is 1. The van der Waals surface area contributed by atoms with E-state index in [1.165, 1.54) is 0 Å². The molecule has 0 saturated heterocycles. The summed E-state index contributed by atoms with van der Waals surface area (Å²) in [4.78, 5) is 15.9. The van der Waals surface area contributed by atoms with Gasteiger partial charge in [0, 0.05) is 17.7 Å². The van der Waals surface area contributed by atoms with Gasteiger partial charge in [0.05, 0.1) is 16.6 Å². The van der Waals surface area contributed by atoms with Crippen molar-refractivity contribution in [1.82, 2.24) is 9.55 Å². The van der Waals surface area contributed by atoms with Crippen LogP contribution in [0.15, 0.2) is 18.2 Å². The maximum atomic E-state index is 11.2. The molecule has 2 aromatic rings. The van der Waals surface area contributed by atoms with Crippen molar-refractivity contribution in [3.8, 4) is 0 Å². The number of benzene rings is 1. The summed E-state index contributed by atoms with van der Waals surface area (Å²) >= 11 is 1.81. The number of rotatable bonds is 6. The highest BCUT2D eigenvalue weighted by Crippen LogP contribution is 2.28. The number of nitrogens with zero attached hydrogens (tertiary/aromatic N) is 2. The molecule has 0 saturated carbocycles. The number of hydrogen-bond donors (Lipinski definition) is 1. The molecule has 1 N–H and O–H groups in total. The van der Waals surface area contributed by atoms with Gasteiger partial charge in [-0.1, -0.05) is 6.92 Å². The van der Waals surface area contributed by atoms with Crippen molar-refractivity contribution in [3.63, 3.8) is 0 Å². The Morgan fingerprint density at radius 3 is 2.71 bits per heavy atom. The summed E-state index contributed by atoms with van der Waals surface area (Å²) in [5, 5.41) is 9.19. The second-order valence-corrected chi connectivity index (χ2v) is 7.35. The lowest BCUT2D eigenvalue weighted by atomic mass is 10.1. The number of hydrogen-bond acceptors (Lipinski definition) is 3. The molecule has 21 heavy (non-hydrogen) atoms. The Morgan fingerprint density at radius 1 is 1.43 bits per heavy atom. The van der Waals surface area contributed by atoms with E-state index in [1.54, 1.807) is 30.0 Å². The fourth-order valence-corrected chi connectivity index (χ4v) is 2.60. The maximum absolute atomic E-state index is 11.2. The Bertz CT molecular complexity index is 662. The smallest absolute Gasteiger partial charge is 0.335 e. The second kappa shape index (κ2) is 6.10. The average molecular weight is 306 g/mol. The molecule has 1 aromatic heterocycles. The highest BCUT2D eigenvalue weighted by molar-refractivity contribution is 7.99. The van der Waals surface area contributed by atoms with Crippen LogP contribution in [0.1, 0.15) is 43.4 Å². The van der Waals surface area contributed by atoms with Crippen LogP contribution in [0.3, 0.4) is 0 Å². The zero-order valence-electron chi connectivity index (χ0n) is 13.0. The van der Waals surface area contributed by atoms with E-state index >= 15 is 0 Å². The zero-order chi connectivity index (χ0) is 15.6. The molecule has 5 heteroatoms. The Labute approximate surface area is 129 Å². The van der Waals surface area contributed by atoms with E-state index in [2.05, 4.69) is 36.6 Å². The van der Waals surface area contributed by atoms with Crippen LogP contribution < -0.4 is 0 Å². The molecule has 0 fully saturated rings. The number of carboxylic acid groups (broad SMARTS) is 1. The van der Waals surface area contributed by atoms with Crippen molar-refractivity contribution in [3.05, 3.63) is 29.6 Å². The lowest BCUT2D eigenvalue weighted by Crippen LogP contribution is -2.23. The number of aromatic carboxylic acids is 1. The van der Waals surface area contributed by atoms with Crippen molar-refractivity contribution >= 4 is 28.8 Å². The maximum Gasteiger partial charge on any atom is 0.335 e. The van der Waals surface area contributed by atoms with Crippen molar-refractivity contribution in [2.45, 2.75) is 44.9 Å². The van der Waals surface area contributed by atoms with Crippen LogP contribution in [0.4, 0.5) is 0 Å². The number of aromatic nitrogens is 2. The van der Waals surface area contributed by atoms with E-state index in [9.17, 15) is 9.90 Å². The van der Waals surface area contributed by atoms with Crippen LogP contribution in [0.2, 0.25) is 0 Å². The number of imidazole rings is 1. The van der Waals surface area contributed by atoms with E-state index in [-0.39, 0.29) is 4.75 Å². The largest absolute Gasteiger partial charge is 0.478 e. The highest BCUT2D eigenvalue weighted by Gasteiger charge is 2.21. The number of aryl methyl sites for hydroxylation is 1. The number of thioether (sulfide) groups is 1. The standard InChI is InChI=1S/C16H22N2O2S/c1-5-6-14-17-12-8-7-11(15(19)20)9-13(12)18(14)10-16(2,3)21-4/h7-9H,5-6,10H2,1-4H3,(H,19,20). The van der Waals surface area contributed by atoms with Crippen molar-refractivity contribution in [1.29, 1.82) is 0 Å². The summed E-state index contributed by atoms with van der Waals surface area (Å²) in [6.45, 7) is 7.34. The molecule has 0 bridgehead atoms. The molecule has 0 aliphatic heterocycles. The van der Waals surface area contributed by atoms with Crippen molar-refractivity contribution in [2.75, 3.05) is 6.26 Å². The molecule has 2 rings (SSSR count).